The number of benzene rings is 2. The zero-order chi connectivity index (χ0) is 25.2. The summed E-state index contributed by atoms with van der Waals surface area (Å²) >= 11 is 8.93. The van der Waals surface area contributed by atoms with E-state index in [1.54, 1.807) is 34.8 Å². The van der Waals surface area contributed by atoms with E-state index in [0.29, 0.717) is 22.8 Å². The first-order valence-electron chi connectivity index (χ1n) is 11.4. The van der Waals surface area contributed by atoms with Crippen LogP contribution in [0, 0.1) is 0 Å². The Balaban J connectivity index is 1.42. The van der Waals surface area contributed by atoms with E-state index in [4.69, 9.17) is 31.4 Å². The minimum atomic E-state index is -0.380. The highest BCUT2D eigenvalue weighted by Crippen LogP contribution is 2.46. The number of thiazole rings is 1. The van der Waals surface area contributed by atoms with E-state index in [2.05, 4.69) is 16.7 Å². The standard InChI is InChI=1S/C26H25N3O4S3/c1-31-17-12-14(13-18(32-2)22(17)33-3)23(30)28-26(34)29-25-21(15-8-4-6-10-19(15)35-25)24-27-16-9-5-7-11-20(16)36-24/h5,7,9,11-13H,4,6,8,10H2,1-3H3,(H2,28,29,30,34). The van der Waals surface area contributed by atoms with Gasteiger partial charge in [-0.05, 0) is 67.7 Å². The Labute approximate surface area is 222 Å². The minimum absolute atomic E-state index is 0.217. The molecule has 0 atom stereocenters. The second-order valence-electron chi connectivity index (χ2n) is 8.22. The van der Waals surface area contributed by atoms with Crippen LogP contribution in [0.1, 0.15) is 33.6 Å². The number of thiocarbonyl (C=S) groups is 1. The summed E-state index contributed by atoms with van der Waals surface area (Å²) < 4.78 is 17.2. The van der Waals surface area contributed by atoms with Gasteiger partial charge < -0.3 is 19.5 Å². The van der Waals surface area contributed by atoms with Crippen LogP contribution < -0.4 is 24.8 Å². The van der Waals surface area contributed by atoms with Crippen molar-refractivity contribution in [3.63, 3.8) is 0 Å². The molecule has 186 valence electrons. The summed E-state index contributed by atoms with van der Waals surface area (Å²) in [5.74, 6) is 0.825. The molecule has 0 saturated heterocycles. The van der Waals surface area contributed by atoms with E-state index in [-0.39, 0.29) is 11.0 Å². The summed E-state index contributed by atoms with van der Waals surface area (Å²) in [6.07, 6.45) is 4.39. The lowest BCUT2D eigenvalue weighted by atomic mass is 9.96. The van der Waals surface area contributed by atoms with Crippen molar-refractivity contribution in [1.29, 1.82) is 0 Å². The summed E-state index contributed by atoms with van der Waals surface area (Å²) in [6, 6.07) is 11.3. The molecule has 2 N–H and O–H groups in total. The maximum Gasteiger partial charge on any atom is 0.257 e. The maximum atomic E-state index is 13.1. The van der Waals surface area contributed by atoms with Crippen LogP contribution in [-0.2, 0) is 12.8 Å². The van der Waals surface area contributed by atoms with Gasteiger partial charge in [-0.25, -0.2) is 4.98 Å². The Hall–Kier alpha value is -3.21. The van der Waals surface area contributed by atoms with Gasteiger partial charge in [0.25, 0.3) is 5.91 Å². The highest BCUT2D eigenvalue weighted by atomic mass is 32.1. The van der Waals surface area contributed by atoms with Gasteiger partial charge in [-0.1, -0.05) is 12.1 Å². The number of nitrogens with zero attached hydrogens (tertiary/aromatic N) is 1. The molecule has 1 aliphatic carbocycles. The van der Waals surface area contributed by atoms with Crippen LogP contribution in [0.15, 0.2) is 36.4 Å². The summed E-state index contributed by atoms with van der Waals surface area (Å²) in [5.41, 5.74) is 3.76. The number of carbonyl (C=O) groups excluding carboxylic acids is 1. The van der Waals surface area contributed by atoms with Gasteiger partial charge in [-0.2, -0.15) is 0 Å². The summed E-state index contributed by atoms with van der Waals surface area (Å²) in [7, 11) is 4.53. The number of nitrogens with one attached hydrogen (secondary N) is 2. The van der Waals surface area contributed by atoms with E-state index < -0.39 is 0 Å². The Morgan fingerprint density at radius 3 is 2.42 bits per heavy atom. The molecule has 1 amide bonds. The molecule has 2 heterocycles. The van der Waals surface area contributed by atoms with Crippen molar-refractivity contribution in [2.75, 3.05) is 26.6 Å². The largest absolute Gasteiger partial charge is 0.493 e. The number of aryl methyl sites for hydroxylation is 1. The average Bonchev–Trinajstić information content (AvgIpc) is 3.47. The third-order valence-corrected chi connectivity index (χ3v) is 8.53. The van der Waals surface area contributed by atoms with Crippen LogP contribution in [0.4, 0.5) is 5.00 Å². The molecule has 4 aromatic rings. The van der Waals surface area contributed by atoms with Crippen molar-refractivity contribution in [3.8, 4) is 27.8 Å². The average molecular weight is 540 g/mol. The van der Waals surface area contributed by atoms with Crippen molar-refractivity contribution in [2.45, 2.75) is 25.7 Å². The predicted molar refractivity (Wildman–Crippen MR) is 149 cm³/mol. The number of carbonyl (C=O) groups is 1. The van der Waals surface area contributed by atoms with E-state index >= 15 is 0 Å². The fourth-order valence-corrected chi connectivity index (χ4v) is 7.04. The second kappa shape index (κ2) is 10.4. The molecule has 0 bridgehead atoms. The molecule has 0 radical (unpaired) electrons. The van der Waals surface area contributed by atoms with Crippen molar-refractivity contribution in [1.82, 2.24) is 10.3 Å². The molecule has 0 aliphatic heterocycles. The Morgan fingerprint density at radius 1 is 1.00 bits per heavy atom. The summed E-state index contributed by atoms with van der Waals surface area (Å²) in [6.45, 7) is 0. The van der Waals surface area contributed by atoms with Crippen LogP contribution in [0.25, 0.3) is 20.8 Å². The Bertz CT molecular complexity index is 1400. The lowest BCUT2D eigenvalue weighted by Gasteiger charge is -2.15. The van der Waals surface area contributed by atoms with Crippen LogP contribution in [0.5, 0.6) is 17.2 Å². The number of rotatable bonds is 6. The number of hydrogen-bond acceptors (Lipinski definition) is 8. The number of amides is 1. The van der Waals surface area contributed by atoms with Gasteiger partial charge in [0.05, 0.1) is 31.5 Å². The number of ether oxygens (including phenoxy) is 3. The second-order valence-corrected chi connectivity index (χ2v) is 10.8. The van der Waals surface area contributed by atoms with Crippen molar-refractivity contribution in [3.05, 3.63) is 52.4 Å². The lowest BCUT2D eigenvalue weighted by molar-refractivity contribution is 0.0977. The van der Waals surface area contributed by atoms with Crippen molar-refractivity contribution < 1.29 is 19.0 Å². The van der Waals surface area contributed by atoms with E-state index in [9.17, 15) is 4.79 Å². The SMILES string of the molecule is COc1cc(C(=O)NC(=S)Nc2sc3c(c2-c2nc4ccccc4s2)CCCC3)cc(OC)c1OC. The van der Waals surface area contributed by atoms with Crippen LogP contribution in [0.2, 0.25) is 0 Å². The zero-order valence-electron chi connectivity index (χ0n) is 20.1. The molecule has 10 heteroatoms. The minimum Gasteiger partial charge on any atom is -0.493 e. The van der Waals surface area contributed by atoms with Gasteiger partial charge in [-0.3, -0.25) is 10.1 Å². The van der Waals surface area contributed by atoms with E-state index in [0.717, 1.165) is 45.1 Å². The molecule has 2 aromatic heterocycles. The lowest BCUT2D eigenvalue weighted by Crippen LogP contribution is -2.34. The number of para-hydroxylation sites is 1. The topological polar surface area (TPSA) is 81.7 Å². The molecular weight excluding hydrogens is 515 g/mol. The number of thiophene rings is 1. The van der Waals surface area contributed by atoms with Crippen molar-refractivity contribution >= 4 is 61.1 Å². The quantitative estimate of drug-likeness (QED) is 0.288. The normalized spacial score (nSPS) is 12.6. The molecule has 0 fully saturated rings. The van der Waals surface area contributed by atoms with E-state index in [1.165, 1.54) is 38.2 Å². The predicted octanol–water partition coefficient (Wildman–Crippen LogP) is 6.06. The van der Waals surface area contributed by atoms with Crippen molar-refractivity contribution in [2.24, 2.45) is 0 Å². The molecule has 0 spiro atoms. The van der Waals surface area contributed by atoms with Gasteiger partial charge in [0.15, 0.2) is 16.6 Å². The highest BCUT2D eigenvalue weighted by Gasteiger charge is 2.25. The summed E-state index contributed by atoms with van der Waals surface area (Å²) in [4.78, 5) is 19.3. The van der Waals surface area contributed by atoms with Gasteiger partial charge in [0.1, 0.15) is 10.0 Å². The molecule has 1 aliphatic rings. The number of fused-ring (bicyclic) bond motifs is 2. The monoisotopic (exact) mass is 539 g/mol. The van der Waals surface area contributed by atoms with Crippen LogP contribution in [0.3, 0.4) is 0 Å². The molecule has 36 heavy (non-hydrogen) atoms. The fraction of sp³-hybridized carbons (Fsp3) is 0.269. The number of methoxy groups -OCH3 is 3. The number of aromatic nitrogens is 1. The summed E-state index contributed by atoms with van der Waals surface area (Å²) in [5, 5.41) is 8.18. The van der Waals surface area contributed by atoms with Gasteiger partial charge in [0, 0.05) is 16.0 Å². The molecule has 0 saturated carbocycles. The maximum absolute atomic E-state index is 13.1. The molecule has 2 aromatic carbocycles. The molecule has 0 unspecified atom stereocenters. The Kier molecular flexibility index (Phi) is 7.08. The first kappa shape index (κ1) is 24.5. The molecular formula is C26H25N3O4S3. The molecule has 7 nitrogen and oxygen atoms in total. The Morgan fingerprint density at radius 2 is 1.72 bits per heavy atom. The van der Waals surface area contributed by atoms with Gasteiger partial charge in [-0.15, -0.1) is 22.7 Å². The fourth-order valence-electron chi connectivity index (χ4n) is 4.38. The zero-order valence-corrected chi connectivity index (χ0v) is 22.5. The van der Waals surface area contributed by atoms with Gasteiger partial charge in [0.2, 0.25) is 5.75 Å². The van der Waals surface area contributed by atoms with Gasteiger partial charge >= 0.3 is 0 Å². The third-order valence-electron chi connectivity index (χ3n) is 6.06. The number of anilines is 1. The molecule has 5 rings (SSSR count). The van der Waals surface area contributed by atoms with E-state index in [1.807, 2.05) is 18.2 Å². The highest BCUT2D eigenvalue weighted by molar-refractivity contribution is 7.80. The van der Waals surface area contributed by atoms with Crippen LogP contribution >= 0.6 is 34.9 Å². The van der Waals surface area contributed by atoms with Crippen LogP contribution in [-0.4, -0.2) is 37.3 Å². The number of hydrogen-bond donors (Lipinski definition) is 2. The first-order valence-corrected chi connectivity index (χ1v) is 13.5. The third kappa shape index (κ3) is 4.63. The first-order chi connectivity index (χ1) is 17.5. The smallest absolute Gasteiger partial charge is 0.257 e.